The zero-order chi connectivity index (χ0) is 11.4. The highest BCUT2D eigenvalue weighted by molar-refractivity contribution is 5.97. The first-order chi connectivity index (χ1) is 7.06. The largest absolute Gasteiger partial charge is 0.391 e. The number of rotatable bonds is 4. The molecule has 1 rings (SSSR count). The van der Waals surface area contributed by atoms with Gasteiger partial charge in [-0.3, -0.25) is 14.5 Å². The Morgan fingerprint density at radius 2 is 1.87 bits per heavy atom. The molecule has 0 saturated carbocycles. The van der Waals surface area contributed by atoms with Crippen molar-refractivity contribution < 1.29 is 14.7 Å². The molecule has 2 amide bonds. The van der Waals surface area contributed by atoms with Gasteiger partial charge in [0.05, 0.1) is 12.6 Å². The number of aliphatic hydroxyl groups is 1. The van der Waals surface area contributed by atoms with Crippen molar-refractivity contribution in [2.45, 2.75) is 45.6 Å². The van der Waals surface area contributed by atoms with Gasteiger partial charge in [-0.15, -0.1) is 0 Å². The van der Waals surface area contributed by atoms with Gasteiger partial charge in [0.2, 0.25) is 11.8 Å². The van der Waals surface area contributed by atoms with Gasteiger partial charge in [0.15, 0.2) is 0 Å². The summed E-state index contributed by atoms with van der Waals surface area (Å²) in [6.45, 7) is 4.06. The van der Waals surface area contributed by atoms with Crippen LogP contribution in [0.15, 0.2) is 0 Å². The van der Waals surface area contributed by atoms with Crippen LogP contribution >= 0.6 is 0 Å². The molecule has 0 spiro atoms. The van der Waals surface area contributed by atoms with E-state index in [-0.39, 0.29) is 24.3 Å². The van der Waals surface area contributed by atoms with Gasteiger partial charge in [0.25, 0.3) is 0 Å². The first kappa shape index (κ1) is 12.2. The van der Waals surface area contributed by atoms with Crippen LogP contribution in [0.1, 0.15) is 39.5 Å². The SMILES string of the molecule is CCC(C)C(O)CN1C(=O)CCCC1=O. The number of hydrogen-bond donors (Lipinski definition) is 1. The van der Waals surface area contributed by atoms with E-state index in [1.165, 1.54) is 4.90 Å². The minimum Gasteiger partial charge on any atom is -0.391 e. The molecular weight excluding hydrogens is 194 g/mol. The smallest absolute Gasteiger partial charge is 0.229 e. The number of β-amino-alcohol motifs (C(OH)–C–C–N with tert-alkyl or cyclic N) is 1. The van der Waals surface area contributed by atoms with Gasteiger partial charge in [-0.1, -0.05) is 20.3 Å². The first-order valence-corrected chi connectivity index (χ1v) is 5.57. The first-order valence-electron chi connectivity index (χ1n) is 5.57. The second-order valence-corrected chi connectivity index (χ2v) is 4.20. The molecule has 1 aliphatic heterocycles. The molecule has 15 heavy (non-hydrogen) atoms. The number of likely N-dealkylation sites (tertiary alicyclic amines) is 1. The number of aliphatic hydroxyl groups excluding tert-OH is 1. The summed E-state index contributed by atoms with van der Waals surface area (Å²) >= 11 is 0. The molecule has 1 fully saturated rings. The number of nitrogens with zero attached hydrogens (tertiary/aromatic N) is 1. The van der Waals surface area contributed by atoms with Crippen molar-refractivity contribution in [3.8, 4) is 0 Å². The third-order valence-electron chi connectivity index (χ3n) is 3.05. The van der Waals surface area contributed by atoms with Crippen LogP contribution in [0, 0.1) is 5.92 Å². The zero-order valence-corrected chi connectivity index (χ0v) is 9.40. The molecule has 2 unspecified atom stereocenters. The van der Waals surface area contributed by atoms with Crippen molar-refractivity contribution >= 4 is 11.8 Å². The lowest BCUT2D eigenvalue weighted by atomic mass is 10.0. The maximum absolute atomic E-state index is 11.4. The van der Waals surface area contributed by atoms with Gasteiger partial charge in [-0.25, -0.2) is 0 Å². The second-order valence-electron chi connectivity index (χ2n) is 4.20. The van der Waals surface area contributed by atoms with Gasteiger partial charge in [0.1, 0.15) is 0 Å². The lowest BCUT2D eigenvalue weighted by Crippen LogP contribution is -2.45. The molecule has 86 valence electrons. The highest BCUT2D eigenvalue weighted by Gasteiger charge is 2.28. The standard InChI is InChI=1S/C11H19NO3/c1-3-8(2)9(13)7-12-10(14)5-4-6-11(12)15/h8-9,13H,3-7H2,1-2H3. The van der Waals surface area contributed by atoms with Crippen LogP contribution in [-0.4, -0.2) is 34.5 Å². The van der Waals surface area contributed by atoms with Crippen molar-refractivity contribution in [2.24, 2.45) is 5.92 Å². The van der Waals surface area contributed by atoms with Crippen LogP contribution in [0.3, 0.4) is 0 Å². The lowest BCUT2D eigenvalue weighted by molar-refractivity contribution is -0.150. The fourth-order valence-corrected chi connectivity index (χ4v) is 1.64. The Labute approximate surface area is 90.3 Å². The number of amides is 2. The van der Waals surface area contributed by atoms with Gasteiger partial charge in [-0.05, 0) is 12.3 Å². The Bertz CT molecular complexity index is 236. The maximum atomic E-state index is 11.4. The Morgan fingerprint density at radius 3 is 2.33 bits per heavy atom. The average Bonchev–Trinajstić information content (AvgIpc) is 2.22. The van der Waals surface area contributed by atoms with E-state index in [9.17, 15) is 14.7 Å². The Balaban J connectivity index is 2.55. The summed E-state index contributed by atoms with van der Waals surface area (Å²) in [6.07, 6.45) is 1.75. The maximum Gasteiger partial charge on any atom is 0.229 e. The van der Waals surface area contributed by atoms with Crippen molar-refractivity contribution in [3.05, 3.63) is 0 Å². The van der Waals surface area contributed by atoms with Gasteiger partial charge < -0.3 is 5.11 Å². The minimum atomic E-state index is -0.596. The summed E-state index contributed by atoms with van der Waals surface area (Å²) < 4.78 is 0. The number of carbonyl (C=O) groups excluding carboxylic acids is 2. The Morgan fingerprint density at radius 1 is 1.33 bits per heavy atom. The van der Waals surface area contributed by atoms with Crippen LogP contribution in [0.2, 0.25) is 0 Å². The molecule has 1 saturated heterocycles. The van der Waals surface area contributed by atoms with Crippen molar-refractivity contribution in [1.82, 2.24) is 4.90 Å². The van der Waals surface area contributed by atoms with E-state index < -0.39 is 6.10 Å². The summed E-state index contributed by atoms with van der Waals surface area (Å²) in [5.74, 6) is -0.172. The summed E-state index contributed by atoms with van der Waals surface area (Å²) in [5, 5.41) is 9.76. The van der Waals surface area contributed by atoms with E-state index in [0.29, 0.717) is 19.3 Å². The van der Waals surface area contributed by atoms with Crippen molar-refractivity contribution in [2.75, 3.05) is 6.54 Å². The van der Waals surface area contributed by atoms with Crippen molar-refractivity contribution in [3.63, 3.8) is 0 Å². The lowest BCUT2D eigenvalue weighted by Gasteiger charge is -2.28. The highest BCUT2D eigenvalue weighted by Crippen LogP contribution is 2.15. The molecule has 1 heterocycles. The third kappa shape index (κ3) is 3.02. The van der Waals surface area contributed by atoms with Crippen LogP contribution in [0.4, 0.5) is 0 Å². The molecule has 0 aromatic rings. The molecule has 0 bridgehead atoms. The van der Waals surface area contributed by atoms with Crippen LogP contribution < -0.4 is 0 Å². The molecule has 2 atom stereocenters. The highest BCUT2D eigenvalue weighted by atomic mass is 16.3. The molecule has 0 aromatic heterocycles. The van der Waals surface area contributed by atoms with Crippen LogP contribution in [-0.2, 0) is 9.59 Å². The van der Waals surface area contributed by atoms with Crippen molar-refractivity contribution in [1.29, 1.82) is 0 Å². The summed E-state index contributed by atoms with van der Waals surface area (Å²) in [7, 11) is 0. The number of hydrogen-bond acceptors (Lipinski definition) is 3. The monoisotopic (exact) mass is 213 g/mol. The van der Waals surface area contributed by atoms with E-state index in [1.807, 2.05) is 13.8 Å². The normalized spacial score (nSPS) is 21.7. The number of imide groups is 1. The molecule has 1 aliphatic rings. The predicted octanol–water partition coefficient (Wildman–Crippen LogP) is 0.933. The molecule has 1 N–H and O–H groups in total. The zero-order valence-electron chi connectivity index (χ0n) is 9.40. The predicted molar refractivity (Wildman–Crippen MR) is 56.0 cm³/mol. The summed E-state index contributed by atoms with van der Waals surface area (Å²) in [6, 6.07) is 0. The van der Waals surface area contributed by atoms with Gasteiger partial charge >= 0.3 is 0 Å². The molecule has 0 radical (unpaired) electrons. The molecule has 0 aromatic carbocycles. The fourth-order valence-electron chi connectivity index (χ4n) is 1.64. The van der Waals surface area contributed by atoms with Crippen LogP contribution in [0.25, 0.3) is 0 Å². The molecular formula is C11H19NO3. The van der Waals surface area contributed by atoms with E-state index in [1.54, 1.807) is 0 Å². The molecule has 4 nitrogen and oxygen atoms in total. The van der Waals surface area contributed by atoms with E-state index in [2.05, 4.69) is 0 Å². The number of carbonyl (C=O) groups is 2. The summed E-state index contributed by atoms with van der Waals surface area (Å²) in [5.41, 5.74) is 0. The molecule has 0 aliphatic carbocycles. The van der Waals surface area contributed by atoms with Gasteiger partial charge in [-0.2, -0.15) is 0 Å². The average molecular weight is 213 g/mol. The number of piperidine rings is 1. The second kappa shape index (κ2) is 5.26. The van der Waals surface area contributed by atoms with E-state index in [0.717, 1.165) is 6.42 Å². The van der Waals surface area contributed by atoms with E-state index >= 15 is 0 Å². The Kier molecular flexibility index (Phi) is 4.27. The van der Waals surface area contributed by atoms with Crippen LogP contribution in [0.5, 0.6) is 0 Å². The summed E-state index contributed by atoms with van der Waals surface area (Å²) in [4.78, 5) is 24.1. The van der Waals surface area contributed by atoms with Gasteiger partial charge in [0, 0.05) is 12.8 Å². The minimum absolute atomic E-state index is 0.118. The Hall–Kier alpha value is -0.900. The topological polar surface area (TPSA) is 57.6 Å². The molecule has 4 heteroatoms. The quantitative estimate of drug-likeness (QED) is 0.707. The van der Waals surface area contributed by atoms with E-state index in [4.69, 9.17) is 0 Å². The third-order valence-corrected chi connectivity index (χ3v) is 3.05. The fraction of sp³-hybridized carbons (Fsp3) is 0.818.